The molecule has 1 fully saturated rings. The van der Waals surface area contributed by atoms with E-state index < -0.39 is 11.4 Å². The van der Waals surface area contributed by atoms with Crippen molar-refractivity contribution in [3.63, 3.8) is 0 Å². The van der Waals surface area contributed by atoms with E-state index in [9.17, 15) is 4.79 Å². The summed E-state index contributed by atoms with van der Waals surface area (Å²) in [5.41, 5.74) is -0.334. The van der Waals surface area contributed by atoms with Crippen LogP contribution in [0.2, 0.25) is 0 Å². The van der Waals surface area contributed by atoms with E-state index in [0.29, 0.717) is 6.42 Å². The van der Waals surface area contributed by atoms with Gasteiger partial charge in [-0.3, -0.25) is 4.79 Å². The Kier molecular flexibility index (Phi) is 2.31. The number of aliphatic carboxylic acids is 1. The quantitative estimate of drug-likeness (QED) is 0.837. The highest BCUT2D eigenvalue weighted by Gasteiger charge is 2.62. The second kappa shape index (κ2) is 3.53. The molecule has 82 valence electrons. The second-order valence-electron chi connectivity index (χ2n) is 3.92. The predicted octanol–water partition coefficient (Wildman–Crippen LogP) is 1.78. The summed E-state index contributed by atoms with van der Waals surface area (Å²) in [4.78, 5) is 11.0. The van der Waals surface area contributed by atoms with Gasteiger partial charge in [-0.05, 0) is 24.1 Å². The number of ether oxygens (including phenoxy) is 1. The standard InChI is InChI=1S/C12H11NO3/c1-16-9-4-2-8(3-5-9)10-6-12(10,7-13)11(14)15/h2-5,10H,6H2,1H3,(H,14,15). The minimum Gasteiger partial charge on any atom is -0.497 e. The number of methoxy groups -OCH3 is 1. The molecule has 16 heavy (non-hydrogen) atoms. The first kappa shape index (κ1) is 10.5. The summed E-state index contributed by atoms with van der Waals surface area (Å²) < 4.78 is 5.01. The summed E-state index contributed by atoms with van der Waals surface area (Å²) in [6.07, 6.45) is 0.394. The number of hydrogen-bond acceptors (Lipinski definition) is 3. The Morgan fingerprint density at radius 2 is 2.19 bits per heavy atom. The molecular weight excluding hydrogens is 206 g/mol. The van der Waals surface area contributed by atoms with Gasteiger partial charge in [0.2, 0.25) is 0 Å². The highest BCUT2D eigenvalue weighted by Crippen LogP contribution is 2.59. The van der Waals surface area contributed by atoms with E-state index >= 15 is 0 Å². The molecule has 0 saturated heterocycles. The van der Waals surface area contributed by atoms with E-state index in [1.54, 1.807) is 19.2 Å². The number of nitrogens with zero attached hydrogens (tertiary/aromatic N) is 1. The summed E-state index contributed by atoms with van der Waals surface area (Å²) in [6.45, 7) is 0. The fraction of sp³-hybridized carbons (Fsp3) is 0.333. The van der Waals surface area contributed by atoms with E-state index in [4.69, 9.17) is 15.1 Å². The van der Waals surface area contributed by atoms with E-state index in [0.717, 1.165) is 11.3 Å². The lowest BCUT2D eigenvalue weighted by molar-refractivity contribution is -0.141. The monoisotopic (exact) mass is 217 g/mol. The minimum atomic E-state index is -1.21. The zero-order valence-corrected chi connectivity index (χ0v) is 8.80. The molecule has 1 aromatic rings. The lowest BCUT2D eigenvalue weighted by Crippen LogP contribution is -2.14. The fourth-order valence-corrected chi connectivity index (χ4v) is 1.91. The molecule has 2 atom stereocenters. The average Bonchev–Trinajstić information content (AvgIpc) is 3.05. The van der Waals surface area contributed by atoms with Crippen molar-refractivity contribution in [3.05, 3.63) is 29.8 Å². The zero-order chi connectivity index (χ0) is 11.8. The number of hydrogen-bond donors (Lipinski definition) is 1. The van der Waals surface area contributed by atoms with Crippen molar-refractivity contribution < 1.29 is 14.6 Å². The van der Waals surface area contributed by atoms with Gasteiger partial charge in [-0.2, -0.15) is 5.26 Å². The van der Waals surface area contributed by atoms with Crippen LogP contribution >= 0.6 is 0 Å². The van der Waals surface area contributed by atoms with E-state index in [-0.39, 0.29) is 5.92 Å². The molecule has 1 aromatic carbocycles. The van der Waals surface area contributed by atoms with Crippen molar-refractivity contribution >= 4 is 5.97 Å². The Labute approximate surface area is 93.1 Å². The molecule has 1 saturated carbocycles. The van der Waals surface area contributed by atoms with Gasteiger partial charge in [0.25, 0.3) is 0 Å². The summed E-state index contributed by atoms with van der Waals surface area (Å²) in [5, 5.41) is 17.9. The van der Waals surface area contributed by atoms with Crippen molar-refractivity contribution in [1.29, 1.82) is 5.26 Å². The third-order valence-electron chi connectivity index (χ3n) is 3.06. The molecule has 0 amide bonds. The van der Waals surface area contributed by atoms with Crippen LogP contribution in [0.25, 0.3) is 0 Å². The average molecular weight is 217 g/mol. The van der Waals surface area contributed by atoms with Crippen LogP contribution in [0.3, 0.4) is 0 Å². The molecule has 2 unspecified atom stereocenters. The number of carboxylic acids is 1. The first-order valence-corrected chi connectivity index (χ1v) is 4.92. The number of rotatable bonds is 3. The van der Waals surface area contributed by atoms with Crippen LogP contribution < -0.4 is 4.74 Å². The van der Waals surface area contributed by atoms with Gasteiger partial charge in [-0.15, -0.1) is 0 Å². The zero-order valence-electron chi connectivity index (χ0n) is 8.80. The molecule has 0 aliphatic heterocycles. The topological polar surface area (TPSA) is 70.3 Å². The molecule has 1 aliphatic rings. The lowest BCUT2D eigenvalue weighted by Gasteiger charge is -2.04. The largest absolute Gasteiger partial charge is 0.497 e. The molecule has 2 rings (SSSR count). The molecule has 0 spiro atoms. The molecule has 0 aromatic heterocycles. The first-order chi connectivity index (χ1) is 7.64. The van der Waals surface area contributed by atoms with Gasteiger partial charge in [0.1, 0.15) is 5.75 Å². The van der Waals surface area contributed by atoms with Crippen LogP contribution in [0, 0.1) is 16.7 Å². The Balaban J connectivity index is 2.23. The Hall–Kier alpha value is -2.02. The second-order valence-corrected chi connectivity index (χ2v) is 3.92. The Bertz CT molecular complexity index is 460. The van der Waals surface area contributed by atoms with Crippen LogP contribution in [0.4, 0.5) is 0 Å². The third-order valence-corrected chi connectivity index (χ3v) is 3.06. The SMILES string of the molecule is COc1ccc(C2CC2(C#N)C(=O)O)cc1. The predicted molar refractivity (Wildman–Crippen MR) is 56.0 cm³/mol. The third kappa shape index (κ3) is 1.41. The highest BCUT2D eigenvalue weighted by molar-refractivity contribution is 5.84. The van der Waals surface area contributed by atoms with Gasteiger partial charge in [-0.25, -0.2) is 0 Å². The first-order valence-electron chi connectivity index (χ1n) is 4.92. The minimum absolute atomic E-state index is 0.194. The number of nitriles is 1. The highest BCUT2D eigenvalue weighted by atomic mass is 16.5. The maximum atomic E-state index is 11.0. The van der Waals surface area contributed by atoms with Crippen molar-refractivity contribution in [3.8, 4) is 11.8 Å². The molecule has 4 nitrogen and oxygen atoms in total. The van der Waals surface area contributed by atoms with Crippen LogP contribution in [0.5, 0.6) is 5.75 Å². The molecule has 0 bridgehead atoms. The Morgan fingerprint density at radius 3 is 2.56 bits per heavy atom. The van der Waals surface area contributed by atoms with E-state index in [2.05, 4.69) is 0 Å². The van der Waals surface area contributed by atoms with E-state index in [1.165, 1.54) is 0 Å². The summed E-state index contributed by atoms with van der Waals surface area (Å²) in [7, 11) is 1.57. The van der Waals surface area contributed by atoms with Crippen LogP contribution in [-0.4, -0.2) is 18.2 Å². The van der Waals surface area contributed by atoms with Gasteiger partial charge in [0.15, 0.2) is 5.41 Å². The van der Waals surface area contributed by atoms with Gasteiger partial charge in [0, 0.05) is 5.92 Å². The van der Waals surface area contributed by atoms with Crippen molar-refractivity contribution in [2.45, 2.75) is 12.3 Å². The molecule has 4 heteroatoms. The van der Waals surface area contributed by atoms with Gasteiger partial charge in [0.05, 0.1) is 13.2 Å². The summed E-state index contributed by atoms with van der Waals surface area (Å²) in [6, 6.07) is 9.07. The number of benzene rings is 1. The van der Waals surface area contributed by atoms with Crippen molar-refractivity contribution in [1.82, 2.24) is 0 Å². The van der Waals surface area contributed by atoms with E-state index in [1.807, 2.05) is 18.2 Å². The maximum absolute atomic E-state index is 11.0. The summed E-state index contributed by atoms with van der Waals surface area (Å²) >= 11 is 0. The fourth-order valence-electron chi connectivity index (χ4n) is 1.91. The molecule has 1 N–H and O–H groups in total. The van der Waals surface area contributed by atoms with Gasteiger partial charge >= 0.3 is 5.97 Å². The van der Waals surface area contributed by atoms with Crippen molar-refractivity contribution in [2.24, 2.45) is 5.41 Å². The van der Waals surface area contributed by atoms with Crippen molar-refractivity contribution in [2.75, 3.05) is 7.11 Å². The van der Waals surface area contributed by atoms with Crippen LogP contribution in [-0.2, 0) is 4.79 Å². The molecular formula is C12H11NO3. The van der Waals surface area contributed by atoms with Crippen LogP contribution in [0.15, 0.2) is 24.3 Å². The van der Waals surface area contributed by atoms with Gasteiger partial charge in [-0.1, -0.05) is 12.1 Å². The summed E-state index contributed by atoms with van der Waals surface area (Å²) in [5.74, 6) is -0.501. The number of carboxylic acid groups (broad SMARTS) is 1. The number of carbonyl (C=O) groups is 1. The lowest BCUT2D eigenvalue weighted by atomic mass is 10.0. The van der Waals surface area contributed by atoms with Crippen LogP contribution in [0.1, 0.15) is 17.9 Å². The molecule has 1 aliphatic carbocycles. The Morgan fingerprint density at radius 1 is 1.56 bits per heavy atom. The maximum Gasteiger partial charge on any atom is 0.324 e. The molecule has 0 radical (unpaired) electrons. The van der Waals surface area contributed by atoms with Gasteiger partial charge < -0.3 is 9.84 Å². The molecule has 0 heterocycles. The normalized spacial score (nSPS) is 26.9. The smallest absolute Gasteiger partial charge is 0.324 e.